The Bertz CT molecular complexity index is 1220. The van der Waals surface area contributed by atoms with E-state index in [1.165, 1.54) is 4.90 Å². The molecule has 1 aliphatic rings. The van der Waals surface area contributed by atoms with E-state index >= 15 is 0 Å². The molecule has 0 aliphatic carbocycles. The number of amidine groups is 1. The summed E-state index contributed by atoms with van der Waals surface area (Å²) >= 11 is 0. The first kappa shape index (κ1) is 22.0. The monoisotopic (exact) mass is 447 g/mol. The summed E-state index contributed by atoms with van der Waals surface area (Å²) < 4.78 is 11.0. The van der Waals surface area contributed by atoms with Crippen molar-refractivity contribution >= 4 is 40.7 Å². The van der Waals surface area contributed by atoms with E-state index in [0.29, 0.717) is 58.6 Å². The van der Waals surface area contributed by atoms with Crippen molar-refractivity contribution < 1.29 is 9.47 Å². The van der Waals surface area contributed by atoms with Crippen molar-refractivity contribution in [3.8, 4) is 11.8 Å². The van der Waals surface area contributed by atoms with Gasteiger partial charge in [0.05, 0.1) is 30.1 Å². The van der Waals surface area contributed by atoms with Crippen LogP contribution in [0.5, 0.6) is 5.75 Å². The van der Waals surface area contributed by atoms with Crippen LogP contribution in [0.2, 0.25) is 0 Å². The van der Waals surface area contributed by atoms with Gasteiger partial charge in [0.25, 0.3) is 0 Å². The summed E-state index contributed by atoms with van der Waals surface area (Å²) in [6, 6.07) is 7.63. The third kappa shape index (κ3) is 4.56. The SMILES string of the molecule is COc1cc(C(=N)N(C)C=N)ccc1Nc1nc(NC2CCOCC2)c2c(C#N)c[nH]c2n1. The van der Waals surface area contributed by atoms with Crippen LogP contribution in [-0.4, -0.2) is 65.4 Å². The lowest BCUT2D eigenvalue weighted by Gasteiger charge is -2.24. The Hall–Kier alpha value is -4.17. The first-order valence-corrected chi connectivity index (χ1v) is 10.4. The molecule has 0 radical (unpaired) electrons. The van der Waals surface area contributed by atoms with Crippen molar-refractivity contribution in [3.05, 3.63) is 35.5 Å². The van der Waals surface area contributed by atoms with Gasteiger partial charge < -0.3 is 30.0 Å². The molecule has 170 valence electrons. The number of methoxy groups -OCH3 is 1. The number of anilines is 3. The quantitative estimate of drug-likeness (QED) is 0.273. The molecule has 1 saturated heterocycles. The minimum absolute atomic E-state index is 0.172. The molecule has 11 heteroatoms. The minimum Gasteiger partial charge on any atom is -0.495 e. The van der Waals surface area contributed by atoms with Gasteiger partial charge in [-0.25, -0.2) is 0 Å². The summed E-state index contributed by atoms with van der Waals surface area (Å²) in [7, 11) is 3.18. The normalized spacial score (nSPS) is 13.8. The van der Waals surface area contributed by atoms with Gasteiger partial charge in [-0.2, -0.15) is 15.2 Å². The molecule has 2 aromatic heterocycles. The van der Waals surface area contributed by atoms with Gasteiger partial charge in [0.1, 0.15) is 29.1 Å². The zero-order chi connectivity index (χ0) is 23.4. The molecular weight excluding hydrogens is 422 g/mol. The van der Waals surface area contributed by atoms with Crippen LogP contribution >= 0.6 is 0 Å². The van der Waals surface area contributed by atoms with Gasteiger partial charge in [-0.1, -0.05) is 0 Å². The molecule has 33 heavy (non-hydrogen) atoms. The molecule has 1 aliphatic heterocycles. The van der Waals surface area contributed by atoms with E-state index in [2.05, 4.69) is 31.7 Å². The summed E-state index contributed by atoms with van der Waals surface area (Å²) in [5.41, 5.74) is 2.24. The van der Waals surface area contributed by atoms with Crippen molar-refractivity contribution in [1.82, 2.24) is 19.9 Å². The number of nitrogens with zero attached hydrogens (tertiary/aromatic N) is 4. The van der Waals surface area contributed by atoms with Crippen LogP contribution < -0.4 is 15.4 Å². The molecule has 1 fully saturated rings. The van der Waals surface area contributed by atoms with Crippen molar-refractivity contribution in [2.24, 2.45) is 0 Å². The van der Waals surface area contributed by atoms with Gasteiger partial charge in [0.2, 0.25) is 5.95 Å². The number of aromatic amines is 1. The number of nitriles is 1. The summed E-state index contributed by atoms with van der Waals surface area (Å²) in [6.45, 7) is 1.36. The fraction of sp³-hybridized carbons (Fsp3) is 0.318. The maximum atomic E-state index is 9.52. The van der Waals surface area contributed by atoms with Crippen LogP contribution in [0, 0.1) is 22.1 Å². The maximum absolute atomic E-state index is 9.52. The maximum Gasteiger partial charge on any atom is 0.231 e. The average molecular weight is 448 g/mol. The van der Waals surface area contributed by atoms with E-state index < -0.39 is 0 Å². The van der Waals surface area contributed by atoms with Gasteiger partial charge in [0, 0.05) is 38.1 Å². The first-order chi connectivity index (χ1) is 16.0. The van der Waals surface area contributed by atoms with Gasteiger partial charge in [0.15, 0.2) is 0 Å². The third-order valence-electron chi connectivity index (χ3n) is 5.48. The highest BCUT2D eigenvalue weighted by molar-refractivity contribution is 6.02. The minimum atomic E-state index is 0.172. The van der Waals surface area contributed by atoms with Crippen molar-refractivity contribution in [2.75, 3.05) is 38.0 Å². The second-order valence-corrected chi connectivity index (χ2v) is 7.59. The van der Waals surface area contributed by atoms with Crippen LogP contribution in [0.3, 0.4) is 0 Å². The summed E-state index contributed by atoms with van der Waals surface area (Å²) in [4.78, 5) is 13.6. The number of aromatic nitrogens is 3. The Kier molecular flexibility index (Phi) is 6.37. The summed E-state index contributed by atoms with van der Waals surface area (Å²) in [5.74, 6) is 1.59. The van der Waals surface area contributed by atoms with Crippen LogP contribution in [0.1, 0.15) is 24.0 Å². The summed E-state index contributed by atoms with van der Waals surface area (Å²) in [6.07, 6.45) is 4.40. The van der Waals surface area contributed by atoms with Crippen LogP contribution in [0.25, 0.3) is 11.0 Å². The molecule has 0 atom stereocenters. The number of benzene rings is 1. The van der Waals surface area contributed by atoms with Gasteiger partial charge in [-0.15, -0.1) is 0 Å². The second-order valence-electron chi connectivity index (χ2n) is 7.59. The van der Waals surface area contributed by atoms with E-state index in [-0.39, 0.29) is 11.9 Å². The van der Waals surface area contributed by atoms with E-state index in [0.717, 1.165) is 19.2 Å². The number of ether oxygens (including phenoxy) is 2. The number of hydrogen-bond donors (Lipinski definition) is 5. The molecule has 5 N–H and O–H groups in total. The predicted octanol–water partition coefficient (Wildman–Crippen LogP) is 3.04. The molecule has 0 unspecified atom stereocenters. The van der Waals surface area contributed by atoms with Crippen molar-refractivity contribution in [3.63, 3.8) is 0 Å². The molecule has 3 heterocycles. The van der Waals surface area contributed by atoms with Crippen LogP contribution in [-0.2, 0) is 4.74 Å². The number of H-pyrrole nitrogens is 1. The fourth-order valence-corrected chi connectivity index (χ4v) is 3.65. The lowest BCUT2D eigenvalue weighted by molar-refractivity contribution is 0.0904. The number of rotatable bonds is 7. The number of hydrogen-bond acceptors (Lipinski definition) is 9. The van der Waals surface area contributed by atoms with Gasteiger partial charge in [-0.3, -0.25) is 10.8 Å². The largest absolute Gasteiger partial charge is 0.495 e. The molecule has 0 amide bonds. The molecular formula is C22H25N9O2. The zero-order valence-electron chi connectivity index (χ0n) is 18.4. The molecule has 0 bridgehead atoms. The molecule has 11 nitrogen and oxygen atoms in total. The van der Waals surface area contributed by atoms with Gasteiger partial charge in [-0.05, 0) is 31.0 Å². The second kappa shape index (κ2) is 9.54. The molecule has 0 saturated carbocycles. The van der Waals surface area contributed by atoms with E-state index in [1.807, 2.05) is 0 Å². The Morgan fingerprint density at radius 1 is 1.36 bits per heavy atom. The van der Waals surface area contributed by atoms with E-state index in [9.17, 15) is 5.26 Å². The zero-order valence-corrected chi connectivity index (χ0v) is 18.4. The molecule has 0 spiro atoms. The molecule has 3 aromatic rings. The molecule has 4 rings (SSSR count). The lowest BCUT2D eigenvalue weighted by Crippen LogP contribution is -2.28. The van der Waals surface area contributed by atoms with Gasteiger partial charge >= 0.3 is 0 Å². The molecule has 1 aromatic carbocycles. The Labute approximate surface area is 190 Å². The van der Waals surface area contributed by atoms with E-state index in [4.69, 9.17) is 20.3 Å². The van der Waals surface area contributed by atoms with Crippen molar-refractivity contribution in [2.45, 2.75) is 18.9 Å². The average Bonchev–Trinajstić information content (AvgIpc) is 3.27. The Morgan fingerprint density at radius 3 is 2.85 bits per heavy atom. The predicted molar refractivity (Wildman–Crippen MR) is 126 cm³/mol. The number of fused-ring (bicyclic) bond motifs is 1. The Morgan fingerprint density at radius 2 is 2.15 bits per heavy atom. The van der Waals surface area contributed by atoms with E-state index in [1.54, 1.807) is 38.6 Å². The van der Waals surface area contributed by atoms with Crippen LogP contribution in [0.4, 0.5) is 17.5 Å². The first-order valence-electron chi connectivity index (χ1n) is 10.4. The highest BCUT2D eigenvalue weighted by atomic mass is 16.5. The Balaban J connectivity index is 1.68. The highest BCUT2D eigenvalue weighted by Gasteiger charge is 2.20. The smallest absolute Gasteiger partial charge is 0.231 e. The fourth-order valence-electron chi connectivity index (χ4n) is 3.65. The third-order valence-corrected chi connectivity index (χ3v) is 5.48. The summed E-state index contributed by atoms with van der Waals surface area (Å²) in [5, 5.41) is 32.3. The number of nitrogens with one attached hydrogen (secondary N) is 5. The highest BCUT2D eigenvalue weighted by Crippen LogP contribution is 2.31. The standard InChI is InChI=1S/C22H25N9O2/c1-31(12-24)19(25)13-3-4-16(17(9-13)32-2)28-22-29-20-18(14(10-23)11-26-20)21(30-22)27-15-5-7-33-8-6-15/h3-4,9,11-12,15,24-25H,5-8H2,1-2H3,(H3,26,27,28,29,30). The topological polar surface area (TPSA) is 159 Å². The lowest BCUT2D eigenvalue weighted by atomic mass is 10.1. The van der Waals surface area contributed by atoms with Crippen LogP contribution in [0.15, 0.2) is 24.4 Å². The van der Waals surface area contributed by atoms with Crippen molar-refractivity contribution in [1.29, 1.82) is 16.1 Å².